The summed E-state index contributed by atoms with van der Waals surface area (Å²) in [6.45, 7) is 19.5. The summed E-state index contributed by atoms with van der Waals surface area (Å²) in [5.41, 5.74) is 5.51. The average Bonchev–Trinajstić information content (AvgIpc) is 3.04. The zero-order valence-electron chi connectivity index (χ0n) is 19.3. The van der Waals surface area contributed by atoms with Crippen LogP contribution in [-0.4, -0.2) is 39.0 Å². The lowest BCUT2D eigenvalue weighted by Gasteiger charge is -2.47. The Bertz CT molecular complexity index is 778. The number of piperazine rings is 1. The Balaban J connectivity index is 1.59. The van der Waals surface area contributed by atoms with Gasteiger partial charge in [-0.3, -0.25) is 0 Å². The molecule has 0 amide bonds. The van der Waals surface area contributed by atoms with Gasteiger partial charge in [0.2, 0.25) is 0 Å². The summed E-state index contributed by atoms with van der Waals surface area (Å²) in [6.07, 6.45) is 8.67. The van der Waals surface area contributed by atoms with Gasteiger partial charge in [0.25, 0.3) is 0 Å². The molecule has 1 saturated carbocycles. The first kappa shape index (κ1) is 21.1. The van der Waals surface area contributed by atoms with E-state index in [2.05, 4.69) is 93.2 Å². The number of nitrogens with one attached hydrogen (secondary N) is 1. The number of nitrogens with zero attached hydrogens (tertiary/aromatic N) is 1. The van der Waals surface area contributed by atoms with E-state index < -0.39 is 8.24 Å². The molecule has 158 valence electrons. The fourth-order valence-corrected chi connectivity index (χ4v) is 11.0. The van der Waals surface area contributed by atoms with E-state index in [1.54, 1.807) is 5.57 Å². The number of benzene rings is 1. The van der Waals surface area contributed by atoms with Crippen molar-refractivity contribution < 1.29 is 0 Å². The standard InChI is InChI=1S/C26H40N2Si/c1-19-18-24-22(20-10-12-21(13-11-20)26(2,3)4)8-7-9-23(24)25(19)29(5,6)28-16-14-27-15-17-28/h7-13,19,23-25,27H,14-18H2,1-6H3. The molecule has 1 N–H and O–H groups in total. The van der Waals surface area contributed by atoms with Crippen LogP contribution in [0, 0.1) is 17.8 Å². The van der Waals surface area contributed by atoms with Crippen LogP contribution in [0.4, 0.5) is 0 Å². The zero-order chi connectivity index (χ0) is 20.8. The minimum atomic E-state index is -1.49. The maximum absolute atomic E-state index is 3.55. The van der Waals surface area contributed by atoms with E-state index >= 15 is 0 Å². The zero-order valence-corrected chi connectivity index (χ0v) is 20.3. The van der Waals surface area contributed by atoms with Crippen molar-refractivity contribution >= 4 is 13.8 Å². The monoisotopic (exact) mass is 408 g/mol. The molecule has 0 spiro atoms. The summed E-state index contributed by atoms with van der Waals surface area (Å²) in [7, 11) is -1.49. The Morgan fingerprint density at radius 3 is 2.31 bits per heavy atom. The molecule has 1 saturated heterocycles. The first-order valence-corrected chi connectivity index (χ1v) is 14.7. The molecule has 1 aromatic rings. The molecule has 1 aliphatic heterocycles. The van der Waals surface area contributed by atoms with Crippen LogP contribution in [0.25, 0.3) is 5.57 Å². The largest absolute Gasteiger partial charge is 0.321 e. The van der Waals surface area contributed by atoms with Crippen molar-refractivity contribution in [2.75, 3.05) is 26.2 Å². The molecular weight excluding hydrogens is 368 g/mol. The fraction of sp³-hybridized carbons (Fsp3) is 0.615. The number of fused-ring (bicyclic) bond motifs is 1. The molecule has 0 aromatic heterocycles. The van der Waals surface area contributed by atoms with Crippen molar-refractivity contribution in [1.82, 2.24) is 9.88 Å². The van der Waals surface area contributed by atoms with Crippen molar-refractivity contribution in [2.45, 2.75) is 58.2 Å². The second-order valence-corrected chi connectivity index (χ2v) is 15.8. The highest BCUT2D eigenvalue weighted by molar-refractivity contribution is 6.76. The van der Waals surface area contributed by atoms with E-state index in [0.29, 0.717) is 11.8 Å². The van der Waals surface area contributed by atoms with Gasteiger partial charge in [0.15, 0.2) is 0 Å². The third kappa shape index (κ3) is 3.94. The van der Waals surface area contributed by atoms with Gasteiger partial charge in [-0.15, -0.1) is 0 Å². The summed E-state index contributed by atoms with van der Waals surface area (Å²) in [4.78, 5) is 0. The number of allylic oxidation sites excluding steroid dienone is 4. The number of rotatable bonds is 3. The Morgan fingerprint density at radius 1 is 1.03 bits per heavy atom. The van der Waals surface area contributed by atoms with Gasteiger partial charge < -0.3 is 9.88 Å². The predicted molar refractivity (Wildman–Crippen MR) is 129 cm³/mol. The van der Waals surface area contributed by atoms with Crippen LogP contribution in [0.2, 0.25) is 18.6 Å². The second-order valence-electron chi connectivity index (χ2n) is 11.1. The fourth-order valence-electron chi connectivity index (χ4n) is 6.43. The van der Waals surface area contributed by atoms with Gasteiger partial charge in [-0.05, 0) is 51.8 Å². The highest BCUT2D eigenvalue weighted by Crippen LogP contribution is 2.57. The van der Waals surface area contributed by atoms with Crippen molar-refractivity contribution in [2.24, 2.45) is 17.8 Å². The lowest BCUT2D eigenvalue weighted by molar-refractivity contribution is 0.341. The van der Waals surface area contributed by atoms with Gasteiger partial charge in [-0.1, -0.05) is 83.3 Å². The Labute approximate surface area is 179 Å². The first-order chi connectivity index (χ1) is 13.7. The number of hydrogen-bond donors (Lipinski definition) is 1. The first-order valence-electron chi connectivity index (χ1n) is 11.6. The minimum absolute atomic E-state index is 0.216. The van der Waals surface area contributed by atoms with Gasteiger partial charge in [-0.2, -0.15) is 0 Å². The normalized spacial score (nSPS) is 30.9. The Hall–Kier alpha value is -1.16. The molecular formula is C26H40N2Si. The summed E-state index contributed by atoms with van der Waals surface area (Å²) in [6, 6.07) is 9.44. The molecule has 29 heavy (non-hydrogen) atoms. The van der Waals surface area contributed by atoms with Crippen LogP contribution in [0.15, 0.2) is 42.5 Å². The van der Waals surface area contributed by atoms with E-state index in [0.717, 1.165) is 24.5 Å². The van der Waals surface area contributed by atoms with Gasteiger partial charge in [0.1, 0.15) is 8.24 Å². The van der Waals surface area contributed by atoms with Crippen molar-refractivity contribution in [3.8, 4) is 0 Å². The van der Waals surface area contributed by atoms with Crippen LogP contribution in [0.1, 0.15) is 45.2 Å². The number of hydrogen-bond acceptors (Lipinski definition) is 2. The van der Waals surface area contributed by atoms with E-state index in [9.17, 15) is 0 Å². The predicted octanol–water partition coefficient (Wildman–Crippen LogP) is 5.69. The molecule has 4 atom stereocenters. The molecule has 4 rings (SSSR count). The van der Waals surface area contributed by atoms with Crippen LogP contribution in [-0.2, 0) is 5.41 Å². The van der Waals surface area contributed by atoms with Crippen LogP contribution < -0.4 is 5.32 Å². The Morgan fingerprint density at radius 2 is 1.69 bits per heavy atom. The molecule has 2 nitrogen and oxygen atoms in total. The molecule has 3 aliphatic rings. The minimum Gasteiger partial charge on any atom is -0.321 e. The van der Waals surface area contributed by atoms with Crippen molar-refractivity contribution in [1.29, 1.82) is 0 Å². The average molecular weight is 409 g/mol. The van der Waals surface area contributed by atoms with Gasteiger partial charge in [0, 0.05) is 26.2 Å². The molecule has 0 radical (unpaired) electrons. The topological polar surface area (TPSA) is 15.3 Å². The van der Waals surface area contributed by atoms with Gasteiger partial charge in [-0.25, -0.2) is 0 Å². The van der Waals surface area contributed by atoms with Crippen LogP contribution in [0.3, 0.4) is 0 Å². The lowest BCUT2D eigenvalue weighted by Crippen LogP contribution is -2.60. The highest BCUT2D eigenvalue weighted by atomic mass is 28.3. The summed E-state index contributed by atoms with van der Waals surface area (Å²) >= 11 is 0. The second kappa shape index (κ2) is 7.83. The summed E-state index contributed by atoms with van der Waals surface area (Å²) < 4.78 is 2.89. The van der Waals surface area contributed by atoms with E-state index in [1.165, 1.54) is 30.6 Å². The Kier molecular flexibility index (Phi) is 5.69. The van der Waals surface area contributed by atoms with Crippen LogP contribution in [0.5, 0.6) is 0 Å². The molecule has 2 aliphatic carbocycles. The molecule has 4 unspecified atom stereocenters. The quantitative estimate of drug-likeness (QED) is 0.646. The van der Waals surface area contributed by atoms with E-state index in [1.807, 2.05) is 0 Å². The molecule has 2 fully saturated rings. The molecule has 1 aromatic carbocycles. The highest BCUT2D eigenvalue weighted by Gasteiger charge is 2.52. The molecule has 3 heteroatoms. The van der Waals surface area contributed by atoms with E-state index in [-0.39, 0.29) is 5.41 Å². The van der Waals surface area contributed by atoms with Crippen molar-refractivity contribution in [3.05, 3.63) is 53.6 Å². The van der Waals surface area contributed by atoms with Gasteiger partial charge in [0.05, 0.1) is 0 Å². The van der Waals surface area contributed by atoms with E-state index in [4.69, 9.17) is 0 Å². The third-order valence-corrected chi connectivity index (χ3v) is 12.6. The summed E-state index contributed by atoms with van der Waals surface area (Å²) in [5, 5.41) is 3.55. The van der Waals surface area contributed by atoms with Crippen molar-refractivity contribution in [3.63, 3.8) is 0 Å². The smallest absolute Gasteiger partial charge is 0.126 e. The van der Waals surface area contributed by atoms with Gasteiger partial charge >= 0.3 is 0 Å². The molecule has 0 bridgehead atoms. The third-order valence-electron chi connectivity index (χ3n) is 7.96. The molecule has 1 heterocycles. The maximum Gasteiger partial charge on any atom is 0.126 e. The lowest BCUT2D eigenvalue weighted by atomic mass is 9.80. The SMILES string of the molecule is CC1CC2C(c3ccc(C(C)(C)C)cc3)=CC=CC2C1[Si](C)(C)N1CCNCC1. The summed E-state index contributed by atoms with van der Waals surface area (Å²) in [5.74, 6) is 2.21. The van der Waals surface area contributed by atoms with Crippen LogP contribution >= 0.6 is 0 Å². The maximum atomic E-state index is 3.55.